The van der Waals surface area contributed by atoms with E-state index in [-0.39, 0.29) is 32.0 Å². The lowest BCUT2D eigenvalue weighted by atomic mass is 10.0. The topological polar surface area (TPSA) is 108 Å². The van der Waals surface area contributed by atoms with Crippen LogP contribution in [0.3, 0.4) is 0 Å². The Morgan fingerprint density at radius 1 is 0.356 bits per heavy atom. The van der Waals surface area contributed by atoms with Gasteiger partial charge >= 0.3 is 19.8 Å². The van der Waals surface area contributed by atoms with Crippen LogP contribution in [0, 0.1) is 0 Å². The number of likely N-dealkylation sites (N-methyl/N-ethyl adjacent to an activating group) is 1. The summed E-state index contributed by atoms with van der Waals surface area (Å²) in [5.41, 5.74) is 0. The molecule has 2 atom stereocenters. The van der Waals surface area contributed by atoms with Crippen molar-refractivity contribution in [3.63, 3.8) is 0 Å². The SMILES string of the molecule is CC/C=C\C/C=C\C/C=C\C/C=C\C/C=C\C/C=C\C/C=C\C/C=C\C/C=C\CCCCCCCCCCCCCC(=O)OC(COC(=O)CCCCCCCCCCCCCCCCCCCCCCCCCCCCC)COP(=O)(O)OCC[N+](C)(C)C. The number of nitrogens with zero attached hydrogens (tertiary/aromatic N) is 1. The van der Waals surface area contributed by atoms with E-state index in [2.05, 4.69) is 123 Å². The van der Waals surface area contributed by atoms with E-state index in [0.717, 1.165) is 103 Å². The predicted octanol–water partition coefficient (Wildman–Crippen LogP) is 24.8. The molecule has 2 unspecified atom stereocenters. The summed E-state index contributed by atoms with van der Waals surface area (Å²) in [7, 11) is 1.48. The average Bonchev–Trinajstić information content (AvgIpc) is 3.58. The number of quaternary nitrogens is 1. The number of phosphoric ester groups is 1. The van der Waals surface area contributed by atoms with Gasteiger partial charge in [-0.15, -0.1) is 0 Å². The minimum atomic E-state index is -4.40. The summed E-state index contributed by atoms with van der Waals surface area (Å²) in [6, 6.07) is 0. The van der Waals surface area contributed by atoms with Crippen molar-refractivity contribution in [1.82, 2.24) is 0 Å². The van der Waals surface area contributed by atoms with E-state index >= 15 is 0 Å². The predicted molar refractivity (Wildman–Crippen MR) is 390 cm³/mol. The van der Waals surface area contributed by atoms with Crippen LogP contribution in [0.25, 0.3) is 0 Å². The number of phosphoric acid groups is 1. The summed E-state index contributed by atoms with van der Waals surface area (Å²) in [4.78, 5) is 35.9. The first-order valence-electron chi connectivity index (χ1n) is 37.6. The van der Waals surface area contributed by atoms with E-state index in [9.17, 15) is 19.0 Å². The van der Waals surface area contributed by atoms with Crippen LogP contribution in [0.2, 0.25) is 0 Å². The summed E-state index contributed by atoms with van der Waals surface area (Å²) in [6.45, 7) is 4.36. The maximum Gasteiger partial charge on any atom is 0.472 e. The van der Waals surface area contributed by atoms with Crippen molar-refractivity contribution in [2.75, 3.05) is 47.5 Å². The molecule has 9 nitrogen and oxygen atoms in total. The molecule has 0 heterocycles. The summed E-state index contributed by atoms with van der Waals surface area (Å²) in [5, 5.41) is 0. The molecule has 0 radical (unpaired) electrons. The van der Waals surface area contributed by atoms with E-state index in [1.54, 1.807) is 0 Å². The van der Waals surface area contributed by atoms with Gasteiger partial charge in [-0.2, -0.15) is 0 Å². The molecule has 0 fully saturated rings. The number of carbonyl (C=O) groups excluding carboxylic acids is 2. The molecule has 0 aromatic heterocycles. The van der Waals surface area contributed by atoms with E-state index < -0.39 is 26.5 Å². The highest BCUT2D eigenvalue weighted by atomic mass is 31.2. The molecule has 0 aliphatic carbocycles. The Bertz CT molecular complexity index is 1890. The maximum atomic E-state index is 12.9. The van der Waals surface area contributed by atoms with Gasteiger partial charge in [0.15, 0.2) is 6.10 Å². The maximum absolute atomic E-state index is 12.9. The Hall–Kier alpha value is -3.33. The fraction of sp³-hybridized carbons (Fsp3) is 0.750. The number of ether oxygens (including phenoxy) is 2. The van der Waals surface area contributed by atoms with Gasteiger partial charge in [0.1, 0.15) is 19.8 Å². The molecule has 0 aliphatic heterocycles. The second-order valence-electron chi connectivity index (χ2n) is 26.3. The van der Waals surface area contributed by atoms with Crippen molar-refractivity contribution in [3.8, 4) is 0 Å². The fourth-order valence-electron chi connectivity index (χ4n) is 10.6. The second-order valence-corrected chi connectivity index (χ2v) is 27.8. The number of rotatable bonds is 69. The van der Waals surface area contributed by atoms with Crippen molar-refractivity contribution in [1.29, 1.82) is 0 Å². The first-order chi connectivity index (χ1) is 44.0. The Balaban J connectivity index is 4.03. The van der Waals surface area contributed by atoms with Gasteiger partial charge in [-0.25, -0.2) is 4.57 Å². The zero-order valence-corrected chi connectivity index (χ0v) is 60.2. The normalized spacial score (nSPS) is 13.7. The van der Waals surface area contributed by atoms with Gasteiger partial charge in [-0.05, 0) is 83.5 Å². The Labute approximate surface area is 556 Å². The minimum absolute atomic E-state index is 0.0289. The summed E-state index contributed by atoms with van der Waals surface area (Å²) in [6.07, 6.45) is 99.2. The van der Waals surface area contributed by atoms with Gasteiger partial charge in [0.2, 0.25) is 0 Å². The fourth-order valence-corrected chi connectivity index (χ4v) is 11.3. The minimum Gasteiger partial charge on any atom is -0.462 e. The Kier molecular flexibility index (Phi) is 67.4. The van der Waals surface area contributed by atoms with E-state index in [0.29, 0.717) is 17.4 Å². The van der Waals surface area contributed by atoms with Crippen molar-refractivity contribution in [2.45, 2.75) is 341 Å². The molecule has 0 aromatic carbocycles. The molecule has 0 bridgehead atoms. The van der Waals surface area contributed by atoms with Crippen LogP contribution in [0.4, 0.5) is 0 Å². The van der Waals surface area contributed by atoms with E-state index in [4.69, 9.17) is 18.5 Å². The molecule has 0 aromatic rings. The molecule has 0 saturated carbocycles. The summed E-state index contributed by atoms with van der Waals surface area (Å²) in [5.74, 6) is -0.790. The lowest BCUT2D eigenvalue weighted by Gasteiger charge is -2.24. The number of allylic oxidation sites excluding steroid dienone is 18. The van der Waals surface area contributed by atoms with Gasteiger partial charge in [0.25, 0.3) is 0 Å². The van der Waals surface area contributed by atoms with Crippen LogP contribution in [-0.2, 0) is 32.7 Å². The third-order valence-corrected chi connectivity index (χ3v) is 17.3. The highest BCUT2D eigenvalue weighted by Gasteiger charge is 2.27. The number of hydrogen-bond donors (Lipinski definition) is 1. The molecule has 0 spiro atoms. The monoisotopic (exact) mass is 1280 g/mol. The van der Waals surface area contributed by atoms with Crippen LogP contribution in [0.5, 0.6) is 0 Å². The molecule has 90 heavy (non-hydrogen) atoms. The largest absolute Gasteiger partial charge is 0.472 e. The summed E-state index contributed by atoms with van der Waals surface area (Å²) < 4.78 is 34.8. The molecule has 1 N–H and O–H groups in total. The first kappa shape index (κ1) is 86.7. The standard InChI is InChI=1S/C80H142NO8P/c1-6-8-10-12-14-16-18-20-22-24-26-28-30-32-34-35-36-37-38-39-40-41-42-43-44-45-47-49-51-53-55-57-59-61-63-65-67-69-71-73-80(83)89-78(77-88-90(84,85)87-75-74-81(3,4)5)76-86-79(82)72-70-68-66-64-62-60-58-56-54-52-50-48-46-33-31-29-27-25-23-21-19-17-15-13-11-9-7-2/h8,10,14,16,20,22,26,28,32,34,36-37,39-40,42-43,45,47,78H,6-7,9,11-13,15,17-19,21,23-25,27,29-31,33,35,38,41,44,46,48-77H2,1-5H3/p+1/b10-8-,16-14-,22-20-,28-26-,34-32-,37-36-,40-39-,43-42-,47-45-. The second kappa shape index (κ2) is 70.0. The van der Waals surface area contributed by atoms with Crippen molar-refractivity contribution in [3.05, 3.63) is 109 Å². The van der Waals surface area contributed by atoms with Crippen LogP contribution in [-0.4, -0.2) is 74.9 Å². The number of esters is 2. The molecule has 0 amide bonds. The highest BCUT2D eigenvalue weighted by Crippen LogP contribution is 2.43. The van der Waals surface area contributed by atoms with Crippen molar-refractivity contribution >= 4 is 19.8 Å². The highest BCUT2D eigenvalue weighted by molar-refractivity contribution is 7.47. The smallest absolute Gasteiger partial charge is 0.462 e. The van der Waals surface area contributed by atoms with Crippen LogP contribution < -0.4 is 0 Å². The van der Waals surface area contributed by atoms with Gasteiger partial charge in [-0.1, -0.05) is 348 Å². The van der Waals surface area contributed by atoms with E-state index in [1.807, 2.05) is 21.1 Å². The zero-order chi connectivity index (χ0) is 65.5. The van der Waals surface area contributed by atoms with Crippen LogP contribution in [0.15, 0.2) is 109 Å². The van der Waals surface area contributed by atoms with Crippen molar-refractivity contribution < 1.29 is 42.1 Å². The molecule has 0 rings (SSSR count). The molecule has 0 aliphatic rings. The van der Waals surface area contributed by atoms with Crippen LogP contribution in [0.1, 0.15) is 335 Å². The third kappa shape index (κ3) is 73.7. The first-order valence-corrected chi connectivity index (χ1v) is 39.1. The number of unbranched alkanes of at least 4 members (excludes halogenated alkanes) is 37. The Morgan fingerprint density at radius 2 is 0.633 bits per heavy atom. The summed E-state index contributed by atoms with van der Waals surface area (Å²) >= 11 is 0. The number of carbonyl (C=O) groups is 2. The van der Waals surface area contributed by atoms with Gasteiger partial charge in [-0.3, -0.25) is 18.6 Å². The Morgan fingerprint density at radius 3 is 0.944 bits per heavy atom. The van der Waals surface area contributed by atoms with Gasteiger partial charge < -0.3 is 18.9 Å². The molecule has 10 heteroatoms. The quantitative estimate of drug-likeness (QED) is 0.0211. The molecule has 520 valence electrons. The molecular formula is C80H143NO8P+. The molecular weight excluding hydrogens is 1130 g/mol. The average molecular weight is 1280 g/mol. The van der Waals surface area contributed by atoms with Gasteiger partial charge in [0, 0.05) is 12.8 Å². The van der Waals surface area contributed by atoms with Crippen LogP contribution >= 0.6 is 7.82 Å². The lowest BCUT2D eigenvalue weighted by Crippen LogP contribution is -2.37. The van der Waals surface area contributed by atoms with Crippen molar-refractivity contribution in [2.24, 2.45) is 0 Å². The zero-order valence-electron chi connectivity index (χ0n) is 59.4. The third-order valence-electron chi connectivity index (χ3n) is 16.3. The number of hydrogen-bond acceptors (Lipinski definition) is 7. The van der Waals surface area contributed by atoms with E-state index in [1.165, 1.54) is 199 Å². The molecule has 0 saturated heterocycles. The van der Waals surface area contributed by atoms with Gasteiger partial charge in [0.05, 0.1) is 27.7 Å². The lowest BCUT2D eigenvalue weighted by molar-refractivity contribution is -0.870.